The minimum absolute atomic E-state index is 0.0831. The summed E-state index contributed by atoms with van der Waals surface area (Å²) < 4.78 is 4.95. The zero-order chi connectivity index (χ0) is 11.2. The van der Waals surface area contributed by atoms with Crippen molar-refractivity contribution in [2.75, 3.05) is 6.61 Å². The summed E-state index contributed by atoms with van der Waals surface area (Å²) in [5.41, 5.74) is -0.898. The second kappa shape index (κ2) is 5.78. The molecular formula is C11H20O3. The number of ether oxygens (including phenoxy) is 1. The van der Waals surface area contributed by atoms with Crippen LogP contribution in [0.3, 0.4) is 0 Å². The molecule has 0 heterocycles. The van der Waals surface area contributed by atoms with Crippen molar-refractivity contribution in [1.29, 1.82) is 0 Å². The molecule has 0 amide bonds. The number of ketones is 1. The molecule has 3 heteroatoms. The molecule has 0 aromatic carbocycles. The lowest BCUT2D eigenvalue weighted by molar-refractivity contribution is -0.160. The van der Waals surface area contributed by atoms with Crippen LogP contribution in [0.2, 0.25) is 0 Å². The van der Waals surface area contributed by atoms with Crippen molar-refractivity contribution in [2.24, 2.45) is 5.41 Å². The van der Waals surface area contributed by atoms with Gasteiger partial charge >= 0.3 is 5.97 Å². The van der Waals surface area contributed by atoms with Gasteiger partial charge in [-0.1, -0.05) is 20.3 Å². The lowest BCUT2D eigenvalue weighted by Gasteiger charge is -2.26. The SMILES string of the molecule is CCC[C@](CC)(C(C)=O)C(=O)OCC. The summed E-state index contributed by atoms with van der Waals surface area (Å²) in [7, 11) is 0. The van der Waals surface area contributed by atoms with Crippen LogP contribution >= 0.6 is 0 Å². The number of rotatable bonds is 6. The molecule has 82 valence electrons. The highest BCUT2D eigenvalue weighted by Crippen LogP contribution is 2.30. The summed E-state index contributed by atoms with van der Waals surface area (Å²) in [6.07, 6.45) is 1.92. The largest absolute Gasteiger partial charge is 0.465 e. The highest BCUT2D eigenvalue weighted by molar-refractivity contribution is 6.02. The molecule has 0 aliphatic heterocycles. The molecule has 1 atom stereocenters. The average molecular weight is 200 g/mol. The number of esters is 1. The summed E-state index contributed by atoms with van der Waals surface area (Å²) in [4.78, 5) is 23.2. The third kappa shape index (κ3) is 2.56. The van der Waals surface area contributed by atoms with Gasteiger partial charge in [0.15, 0.2) is 0 Å². The summed E-state index contributed by atoms with van der Waals surface area (Å²) >= 11 is 0. The van der Waals surface area contributed by atoms with Crippen molar-refractivity contribution in [3.05, 3.63) is 0 Å². The van der Waals surface area contributed by atoms with E-state index in [4.69, 9.17) is 4.74 Å². The van der Waals surface area contributed by atoms with Crippen molar-refractivity contribution in [3.63, 3.8) is 0 Å². The van der Waals surface area contributed by atoms with Crippen molar-refractivity contribution < 1.29 is 14.3 Å². The second-order valence-electron chi connectivity index (χ2n) is 3.46. The van der Waals surface area contributed by atoms with Crippen LogP contribution in [-0.4, -0.2) is 18.4 Å². The first-order chi connectivity index (χ1) is 6.55. The average Bonchev–Trinajstić information content (AvgIpc) is 2.14. The predicted octanol–water partition coefficient (Wildman–Crippen LogP) is 2.33. The fourth-order valence-electron chi connectivity index (χ4n) is 1.69. The number of hydrogen-bond donors (Lipinski definition) is 0. The molecule has 0 bridgehead atoms. The smallest absolute Gasteiger partial charge is 0.319 e. The maximum Gasteiger partial charge on any atom is 0.319 e. The van der Waals surface area contributed by atoms with Crippen LogP contribution < -0.4 is 0 Å². The quantitative estimate of drug-likeness (QED) is 0.488. The normalized spacial score (nSPS) is 14.6. The van der Waals surface area contributed by atoms with E-state index in [1.54, 1.807) is 6.92 Å². The van der Waals surface area contributed by atoms with Crippen molar-refractivity contribution in [3.8, 4) is 0 Å². The van der Waals surface area contributed by atoms with E-state index in [-0.39, 0.29) is 11.8 Å². The van der Waals surface area contributed by atoms with Gasteiger partial charge in [0.25, 0.3) is 0 Å². The minimum Gasteiger partial charge on any atom is -0.465 e. The number of carbonyl (C=O) groups excluding carboxylic acids is 2. The Hall–Kier alpha value is -0.860. The third-order valence-electron chi connectivity index (χ3n) is 2.62. The highest BCUT2D eigenvalue weighted by Gasteiger charge is 2.41. The van der Waals surface area contributed by atoms with Crippen molar-refractivity contribution in [2.45, 2.75) is 47.0 Å². The van der Waals surface area contributed by atoms with E-state index < -0.39 is 5.41 Å². The van der Waals surface area contributed by atoms with Gasteiger partial charge in [0.2, 0.25) is 0 Å². The maximum absolute atomic E-state index is 11.7. The van der Waals surface area contributed by atoms with Crippen LogP contribution in [-0.2, 0) is 14.3 Å². The number of carbonyl (C=O) groups is 2. The topological polar surface area (TPSA) is 43.4 Å². The van der Waals surface area contributed by atoms with E-state index in [0.717, 1.165) is 6.42 Å². The predicted molar refractivity (Wildman–Crippen MR) is 54.9 cm³/mol. The third-order valence-corrected chi connectivity index (χ3v) is 2.62. The molecule has 0 aromatic heterocycles. The Labute approximate surface area is 85.8 Å². The fourth-order valence-corrected chi connectivity index (χ4v) is 1.69. The molecule has 0 aliphatic rings. The van der Waals surface area contributed by atoms with E-state index in [0.29, 0.717) is 19.4 Å². The molecule has 0 saturated carbocycles. The molecule has 0 unspecified atom stereocenters. The summed E-state index contributed by atoms with van der Waals surface area (Å²) in [6, 6.07) is 0. The first-order valence-electron chi connectivity index (χ1n) is 5.23. The minimum atomic E-state index is -0.898. The molecule has 0 fully saturated rings. The van der Waals surface area contributed by atoms with Crippen LogP contribution in [0.4, 0.5) is 0 Å². The standard InChI is InChI=1S/C11H20O3/c1-5-8-11(6-2,9(4)12)10(13)14-7-3/h5-8H2,1-4H3/t11-/m1/s1. The Morgan fingerprint density at radius 2 is 1.79 bits per heavy atom. The Balaban J connectivity index is 4.82. The molecule has 0 spiro atoms. The van der Waals surface area contributed by atoms with E-state index in [2.05, 4.69) is 0 Å². The van der Waals surface area contributed by atoms with Gasteiger partial charge in [0.1, 0.15) is 11.2 Å². The Morgan fingerprint density at radius 1 is 1.21 bits per heavy atom. The van der Waals surface area contributed by atoms with Crippen LogP contribution in [0, 0.1) is 5.41 Å². The first kappa shape index (κ1) is 13.1. The van der Waals surface area contributed by atoms with Crippen LogP contribution in [0.5, 0.6) is 0 Å². The Kier molecular flexibility index (Phi) is 5.43. The van der Waals surface area contributed by atoms with Crippen LogP contribution in [0.15, 0.2) is 0 Å². The van der Waals surface area contributed by atoms with E-state index in [9.17, 15) is 9.59 Å². The molecule has 0 rings (SSSR count). The number of Topliss-reactive ketones (excluding diaryl/α,β-unsaturated/α-hetero) is 1. The van der Waals surface area contributed by atoms with Gasteiger partial charge in [-0.3, -0.25) is 9.59 Å². The van der Waals surface area contributed by atoms with Gasteiger partial charge in [-0.15, -0.1) is 0 Å². The van der Waals surface area contributed by atoms with Crippen molar-refractivity contribution >= 4 is 11.8 Å². The molecule has 0 aromatic rings. The van der Waals surface area contributed by atoms with Gasteiger partial charge in [-0.25, -0.2) is 0 Å². The number of hydrogen-bond acceptors (Lipinski definition) is 3. The fraction of sp³-hybridized carbons (Fsp3) is 0.818. The molecule has 14 heavy (non-hydrogen) atoms. The van der Waals surface area contributed by atoms with E-state index in [1.165, 1.54) is 6.92 Å². The molecular weight excluding hydrogens is 180 g/mol. The van der Waals surface area contributed by atoms with E-state index in [1.807, 2.05) is 13.8 Å². The van der Waals surface area contributed by atoms with Gasteiger partial charge in [0.05, 0.1) is 6.61 Å². The van der Waals surface area contributed by atoms with Crippen LogP contribution in [0.1, 0.15) is 47.0 Å². The Bertz CT molecular complexity index is 211. The maximum atomic E-state index is 11.7. The summed E-state index contributed by atoms with van der Waals surface area (Å²) in [5.74, 6) is -0.447. The summed E-state index contributed by atoms with van der Waals surface area (Å²) in [6.45, 7) is 7.37. The molecule has 0 radical (unpaired) electrons. The van der Waals surface area contributed by atoms with Crippen LogP contribution in [0.25, 0.3) is 0 Å². The monoisotopic (exact) mass is 200 g/mol. The van der Waals surface area contributed by atoms with Crippen molar-refractivity contribution in [1.82, 2.24) is 0 Å². The second-order valence-corrected chi connectivity index (χ2v) is 3.46. The van der Waals surface area contributed by atoms with Gasteiger partial charge in [-0.2, -0.15) is 0 Å². The van der Waals surface area contributed by atoms with Gasteiger partial charge < -0.3 is 4.74 Å². The highest BCUT2D eigenvalue weighted by atomic mass is 16.5. The zero-order valence-electron chi connectivity index (χ0n) is 9.55. The molecule has 0 N–H and O–H groups in total. The molecule has 0 aliphatic carbocycles. The molecule has 3 nitrogen and oxygen atoms in total. The molecule has 0 saturated heterocycles. The lowest BCUT2D eigenvalue weighted by atomic mass is 9.77. The first-order valence-corrected chi connectivity index (χ1v) is 5.23. The summed E-state index contributed by atoms with van der Waals surface area (Å²) in [5, 5.41) is 0. The van der Waals surface area contributed by atoms with Gasteiger partial charge in [0, 0.05) is 0 Å². The zero-order valence-corrected chi connectivity index (χ0v) is 9.55. The van der Waals surface area contributed by atoms with E-state index >= 15 is 0 Å². The van der Waals surface area contributed by atoms with Gasteiger partial charge in [-0.05, 0) is 26.7 Å². The Morgan fingerprint density at radius 3 is 2.07 bits per heavy atom. The lowest BCUT2D eigenvalue weighted by Crippen LogP contribution is -2.38.